The van der Waals surface area contributed by atoms with Gasteiger partial charge in [0.05, 0.1) is 6.04 Å². The van der Waals surface area contributed by atoms with E-state index >= 15 is 0 Å². The van der Waals surface area contributed by atoms with Crippen molar-refractivity contribution in [2.75, 3.05) is 13.2 Å². The van der Waals surface area contributed by atoms with E-state index in [0.29, 0.717) is 18.4 Å². The van der Waals surface area contributed by atoms with Crippen molar-refractivity contribution >= 4 is 6.03 Å². The van der Waals surface area contributed by atoms with Gasteiger partial charge in [-0.2, -0.15) is 0 Å². The number of urea groups is 1. The molecule has 0 bridgehead atoms. The molecule has 4 heteroatoms. The molecule has 0 aliphatic heterocycles. The fourth-order valence-corrected chi connectivity index (χ4v) is 3.05. The summed E-state index contributed by atoms with van der Waals surface area (Å²) in [5.41, 5.74) is 2.36. The average molecular weight is 335 g/mol. The van der Waals surface area contributed by atoms with Gasteiger partial charge in [0, 0.05) is 13.2 Å². The molecular weight excluding hydrogens is 300 g/mol. The average Bonchev–Trinajstić information content (AvgIpc) is 2.50. The summed E-state index contributed by atoms with van der Waals surface area (Å²) in [6.07, 6.45) is 1.80. The number of hydrogen-bond acceptors (Lipinski definition) is 2. The maximum absolute atomic E-state index is 12.3. The van der Waals surface area contributed by atoms with E-state index in [0.717, 1.165) is 12.8 Å². The molecule has 1 rings (SSSR count). The molecule has 2 unspecified atom stereocenters. The van der Waals surface area contributed by atoms with Crippen molar-refractivity contribution in [2.24, 2.45) is 17.8 Å². The molecule has 0 aliphatic carbocycles. The second-order valence-electron chi connectivity index (χ2n) is 7.57. The van der Waals surface area contributed by atoms with Crippen LogP contribution in [-0.2, 0) is 0 Å². The Balaban J connectivity index is 2.66. The molecule has 0 aliphatic rings. The first-order valence-corrected chi connectivity index (χ1v) is 9.04. The van der Waals surface area contributed by atoms with Gasteiger partial charge >= 0.3 is 6.03 Å². The molecular formula is C20H34N2O2. The van der Waals surface area contributed by atoms with Gasteiger partial charge < -0.3 is 15.7 Å². The number of nitrogens with one attached hydrogen (secondary N) is 2. The van der Waals surface area contributed by atoms with Gasteiger partial charge in [0.25, 0.3) is 0 Å². The maximum Gasteiger partial charge on any atom is 0.315 e. The van der Waals surface area contributed by atoms with Crippen molar-refractivity contribution in [1.29, 1.82) is 0 Å². The van der Waals surface area contributed by atoms with Gasteiger partial charge in [0.2, 0.25) is 0 Å². The zero-order valence-electron chi connectivity index (χ0n) is 15.8. The van der Waals surface area contributed by atoms with Gasteiger partial charge in [0.1, 0.15) is 0 Å². The van der Waals surface area contributed by atoms with Crippen molar-refractivity contribution < 1.29 is 9.90 Å². The quantitative estimate of drug-likeness (QED) is 0.638. The minimum absolute atomic E-state index is 0.00359. The summed E-state index contributed by atoms with van der Waals surface area (Å²) in [6, 6.07) is 8.03. The fraction of sp³-hybridized carbons (Fsp3) is 0.650. The normalized spacial score (nSPS) is 13.8. The van der Waals surface area contributed by atoms with Crippen LogP contribution >= 0.6 is 0 Å². The van der Waals surface area contributed by atoms with Gasteiger partial charge in [-0.15, -0.1) is 0 Å². The van der Waals surface area contributed by atoms with E-state index in [1.54, 1.807) is 0 Å². The number of hydrogen-bond donors (Lipinski definition) is 3. The van der Waals surface area contributed by atoms with Crippen molar-refractivity contribution in [2.45, 2.75) is 53.5 Å². The highest BCUT2D eigenvalue weighted by Crippen LogP contribution is 2.24. The zero-order valence-corrected chi connectivity index (χ0v) is 15.8. The summed E-state index contributed by atoms with van der Waals surface area (Å²) in [5.74, 6) is 1.10. The molecule has 0 spiro atoms. The zero-order chi connectivity index (χ0) is 18.1. The van der Waals surface area contributed by atoms with Gasteiger partial charge in [0.15, 0.2) is 0 Å². The van der Waals surface area contributed by atoms with Crippen molar-refractivity contribution in [3.8, 4) is 0 Å². The van der Waals surface area contributed by atoms with Crippen LogP contribution in [0.5, 0.6) is 0 Å². The maximum atomic E-state index is 12.3. The minimum Gasteiger partial charge on any atom is -0.396 e. The first-order chi connectivity index (χ1) is 11.3. The molecule has 2 atom stereocenters. The smallest absolute Gasteiger partial charge is 0.315 e. The van der Waals surface area contributed by atoms with Crippen LogP contribution in [0.15, 0.2) is 24.3 Å². The second kappa shape index (κ2) is 10.3. The molecule has 136 valence electrons. The topological polar surface area (TPSA) is 61.4 Å². The number of benzene rings is 1. The van der Waals surface area contributed by atoms with Crippen LogP contribution in [0.25, 0.3) is 0 Å². The largest absolute Gasteiger partial charge is 0.396 e. The third-order valence-electron chi connectivity index (χ3n) is 4.19. The predicted octanol–water partition coefficient (Wildman–Crippen LogP) is 4.04. The highest BCUT2D eigenvalue weighted by molar-refractivity contribution is 5.74. The molecule has 24 heavy (non-hydrogen) atoms. The van der Waals surface area contributed by atoms with Crippen molar-refractivity contribution in [1.82, 2.24) is 10.6 Å². The number of amides is 2. The molecule has 0 saturated carbocycles. The highest BCUT2D eigenvalue weighted by Gasteiger charge is 2.18. The van der Waals surface area contributed by atoms with Gasteiger partial charge in [-0.3, -0.25) is 0 Å². The summed E-state index contributed by atoms with van der Waals surface area (Å²) in [7, 11) is 0. The Bertz CT molecular complexity index is 500. The Labute approximate surface area is 147 Å². The van der Waals surface area contributed by atoms with Crippen molar-refractivity contribution in [3.63, 3.8) is 0 Å². The number of aryl methyl sites for hydroxylation is 1. The molecule has 1 aromatic rings. The molecule has 0 heterocycles. The summed E-state index contributed by atoms with van der Waals surface area (Å²) in [6.45, 7) is 11.3. The number of rotatable bonds is 9. The lowest BCUT2D eigenvalue weighted by Gasteiger charge is -2.24. The summed E-state index contributed by atoms with van der Waals surface area (Å²) in [5, 5.41) is 15.5. The molecule has 1 aromatic carbocycles. The van der Waals surface area contributed by atoms with Crippen molar-refractivity contribution in [3.05, 3.63) is 35.4 Å². The molecule has 2 amide bonds. The summed E-state index contributed by atoms with van der Waals surface area (Å²) >= 11 is 0. The second-order valence-corrected chi connectivity index (χ2v) is 7.57. The van der Waals surface area contributed by atoms with Crippen LogP contribution in [0, 0.1) is 24.7 Å². The Hall–Kier alpha value is -1.55. The van der Waals surface area contributed by atoms with E-state index < -0.39 is 0 Å². The lowest BCUT2D eigenvalue weighted by Crippen LogP contribution is -2.41. The molecule has 3 N–H and O–H groups in total. The highest BCUT2D eigenvalue weighted by atomic mass is 16.3. The Morgan fingerprint density at radius 2 is 1.71 bits per heavy atom. The van der Waals surface area contributed by atoms with E-state index in [2.05, 4.69) is 57.4 Å². The summed E-state index contributed by atoms with van der Waals surface area (Å²) in [4.78, 5) is 12.3. The van der Waals surface area contributed by atoms with Crippen LogP contribution in [0.3, 0.4) is 0 Å². The molecule has 0 saturated heterocycles. The molecule has 0 radical (unpaired) electrons. The number of carbonyl (C=O) groups is 1. The van der Waals surface area contributed by atoms with Gasteiger partial charge in [-0.1, -0.05) is 52.0 Å². The lowest BCUT2D eigenvalue weighted by molar-refractivity contribution is 0.197. The Morgan fingerprint density at radius 1 is 1.08 bits per heavy atom. The predicted molar refractivity (Wildman–Crippen MR) is 99.9 cm³/mol. The van der Waals surface area contributed by atoms with Gasteiger partial charge in [-0.25, -0.2) is 4.79 Å². The standard InChI is InChI=1S/C20H34N2O2/c1-14(2)10-17(13-23)12-21-20(24)22-19(11-15(3)4)18-9-7-6-8-16(18)5/h6-9,14-15,17,19,23H,10-13H2,1-5H3,(H2,21,22,24). The van der Waals surface area contributed by atoms with E-state index in [9.17, 15) is 9.90 Å². The Morgan fingerprint density at radius 3 is 2.25 bits per heavy atom. The Kier molecular flexibility index (Phi) is 8.83. The molecule has 4 nitrogen and oxygen atoms in total. The van der Waals surface area contributed by atoms with Crippen LogP contribution in [0.1, 0.15) is 57.7 Å². The first-order valence-electron chi connectivity index (χ1n) is 9.04. The van der Waals surface area contributed by atoms with Crippen LogP contribution < -0.4 is 10.6 Å². The number of carbonyl (C=O) groups excluding carboxylic acids is 1. The van der Waals surface area contributed by atoms with E-state index in [-0.39, 0.29) is 24.6 Å². The van der Waals surface area contributed by atoms with Crippen LogP contribution in [-0.4, -0.2) is 24.3 Å². The number of aliphatic hydroxyl groups is 1. The minimum atomic E-state index is -0.161. The third kappa shape index (κ3) is 7.35. The molecule has 0 fully saturated rings. The van der Waals surface area contributed by atoms with Crippen LogP contribution in [0.2, 0.25) is 0 Å². The fourth-order valence-electron chi connectivity index (χ4n) is 3.05. The van der Waals surface area contributed by atoms with E-state index in [1.807, 2.05) is 12.1 Å². The third-order valence-corrected chi connectivity index (χ3v) is 4.19. The van der Waals surface area contributed by atoms with E-state index in [1.165, 1.54) is 11.1 Å². The van der Waals surface area contributed by atoms with E-state index in [4.69, 9.17) is 0 Å². The number of aliphatic hydroxyl groups excluding tert-OH is 1. The summed E-state index contributed by atoms with van der Waals surface area (Å²) < 4.78 is 0. The SMILES string of the molecule is Cc1ccccc1C(CC(C)C)NC(=O)NCC(CO)CC(C)C. The first kappa shape index (κ1) is 20.5. The van der Waals surface area contributed by atoms with Gasteiger partial charge in [-0.05, 0) is 48.6 Å². The monoisotopic (exact) mass is 334 g/mol. The lowest BCUT2D eigenvalue weighted by atomic mass is 9.94. The molecule has 0 aromatic heterocycles. The van der Waals surface area contributed by atoms with Crippen LogP contribution in [0.4, 0.5) is 4.79 Å².